The van der Waals surface area contributed by atoms with Gasteiger partial charge >= 0.3 is 11.9 Å². The van der Waals surface area contributed by atoms with Crippen molar-refractivity contribution in [3.8, 4) is 11.5 Å². The van der Waals surface area contributed by atoms with Gasteiger partial charge in [0.25, 0.3) is 0 Å². The largest absolute Gasteiger partial charge is 0.490 e. The van der Waals surface area contributed by atoms with E-state index in [1.54, 1.807) is 0 Å². The van der Waals surface area contributed by atoms with E-state index in [9.17, 15) is 14.4 Å². The number of nitrogens with zero attached hydrogens (tertiary/aromatic N) is 1. The molecule has 0 aromatic heterocycles. The number of nitrogens with one attached hydrogen (secondary N) is 1. The molecule has 0 spiro atoms. The zero-order valence-corrected chi connectivity index (χ0v) is 43.6. The van der Waals surface area contributed by atoms with Gasteiger partial charge in [0.15, 0.2) is 6.29 Å². The zero-order chi connectivity index (χ0) is 49.4. The van der Waals surface area contributed by atoms with E-state index in [0.717, 1.165) is 130 Å². The van der Waals surface area contributed by atoms with Gasteiger partial charge in [-0.05, 0) is 209 Å². The molecule has 2 saturated heterocycles. The molecule has 4 aromatic rings. The van der Waals surface area contributed by atoms with Gasteiger partial charge in [-0.15, -0.1) is 0 Å². The van der Waals surface area contributed by atoms with Gasteiger partial charge in [0.05, 0.1) is 25.4 Å². The van der Waals surface area contributed by atoms with E-state index in [-0.39, 0.29) is 11.9 Å². The third-order valence-electron chi connectivity index (χ3n) is 15.4. The van der Waals surface area contributed by atoms with Crippen LogP contribution in [0.4, 0.5) is 0 Å². The maximum atomic E-state index is 11.8. The van der Waals surface area contributed by atoms with Crippen molar-refractivity contribution in [1.82, 2.24) is 10.2 Å². The summed E-state index contributed by atoms with van der Waals surface area (Å²) in [5.74, 6) is 4.45. The Hall–Kier alpha value is -4.47. The van der Waals surface area contributed by atoms with Gasteiger partial charge in [0.1, 0.15) is 11.5 Å². The number of ether oxygens (including phenoxy) is 4. The molecule has 8 rings (SSSR count). The SMILES string of the molecule is CC(C)(C)C1CCC(Oc2ccc3c(C=O)cccc3c2)CC1.CCOC(=O)CC1CCN(Cc2cccc3cc(OC4CCC(C(C)(C)C)CC4)ccc23)CC1.CCOC(=O)CC1CCNCC1. The van der Waals surface area contributed by atoms with Gasteiger partial charge in [-0.25, -0.2) is 0 Å². The number of hydrogen-bond acceptors (Lipinski definition) is 9. The predicted octanol–water partition coefficient (Wildman–Crippen LogP) is 13.6. The molecule has 2 saturated carbocycles. The summed E-state index contributed by atoms with van der Waals surface area (Å²) in [6, 6.07) is 25.1. The molecular weight excluding hydrogens is 861 g/mol. The summed E-state index contributed by atoms with van der Waals surface area (Å²) in [7, 11) is 0. The molecule has 4 fully saturated rings. The minimum absolute atomic E-state index is 0.0376. The van der Waals surface area contributed by atoms with Crippen LogP contribution in [0, 0.1) is 34.5 Å². The Balaban J connectivity index is 0.000000191. The number of benzene rings is 4. The Labute approximate surface area is 415 Å². The Morgan fingerprint density at radius 3 is 1.54 bits per heavy atom. The van der Waals surface area contributed by atoms with Crippen molar-refractivity contribution in [2.24, 2.45) is 34.5 Å². The zero-order valence-electron chi connectivity index (χ0n) is 43.6. The van der Waals surface area contributed by atoms with Crippen LogP contribution in [0.3, 0.4) is 0 Å². The van der Waals surface area contributed by atoms with E-state index in [1.165, 1.54) is 42.0 Å². The van der Waals surface area contributed by atoms with Crippen LogP contribution in [-0.4, -0.2) is 74.7 Å². The molecule has 4 aliphatic rings. The molecule has 9 heteroatoms. The first-order chi connectivity index (χ1) is 33.1. The van der Waals surface area contributed by atoms with Crippen molar-refractivity contribution in [3.63, 3.8) is 0 Å². The number of fused-ring (bicyclic) bond motifs is 2. The van der Waals surface area contributed by atoms with Crippen molar-refractivity contribution >= 4 is 39.8 Å². The van der Waals surface area contributed by atoms with Crippen LogP contribution in [-0.2, 0) is 25.6 Å². The van der Waals surface area contributed by atoms with Crippen LogP contribution in [0.1, 0.15) is 161 Å². The maximum Gasteiger partial charge on any atom is 0.306 e. The molecule has 2 aliphatic carbocycles. The highest BCUT2D eigenvalue weighted by Crippen LogP contribution is 2.40. The van der Waals surface area contributed by atoms with Gasteiger partial charge in [-0.2, -0.15) is 0 Å². The molecule has 69 heavy (non-hydrogen) atoms. The number of carbonyl (C=O) groups excluding carboxylic acids is 3. The van der Waals surface area contributed by atoms with E-state index in [4.69, 9.17) is 18.9 Å². The highest BCUT2D eigenvalue weighted by Gasteiger charge is 2.32. The summed E-state index contributed by atoms with van der Waals surface area (Å²) in [6.45, 7) is 24.0. The number of carbonyl (C=O) groups is 3. The summed E-state index contributed by atoms with van der Waals surface area (Å²) >= 11 is 0. The Bertz CT molecular complexity index is 2210. The molecular formula is C60H86N2O7. The fraction of sp³-hybridized carbons (Fsp3) is 0.617. The van der Waals surface area contributed by atoms with Gasteiger partial charge in [-0.3, -0.25) is 19.3 Å². The van der Waals surface area contributed by atoms with E-state index in [2.05, 4.69) is 94.2 Å². The summed E-state index contributed by atoms with van der Waals surface area (Å²) in [4.78, 5) is 36.5. The lowest BCUT2D eigenvalue weighted by Gasteiger charge is -2.37. The summed E-state index contributed by atoms with van der Waals surface area (Å²) in [6.07, 6.45) is 16.7. The molecule has 2 heterocycles. The first-order valence-corrected chi connectivity index (χ1v) is 26.7. The molecule has 2 aliphatic heterocycles. The van der Waals surface area contributed by atoms with Crippen LogP contribution < -0.4 is 14.8 Å². The molecule has 0 bridgehead atoms. The maximum absolute atomic E-state index is 11.8. The molecule has 0 radical (unpaired) electrons. The summed E-state index contributed by atoms with van der Waals surface area (Å²) in [5, 5.41) is 7.90. The molecule has 0 amide bonds. The van der Waals surface area contributed by atoms with Gasteiger partial charge in [0, 0.05) is 24.9 Å². The van der Waals surface area contributed by atoms with Crippen LogP contribution in [0.2, 0.25) is 0 Å². The lowest BCUT2D eigenvalue weighted by atomic mass is 9.72. The first-order valence-electron chi connectivity index (χ1n) is 26.7. The van der Waals surface area contributed by atoms with Crippen LogP contribution in [0.5, 0.6) is 11.5 Å². The van der Waals surface area contributed by atoms with Crippen LogP contribution in [0.15, 0.2) is 72.8 Å². The average molecular weight is 947 g/mol. The standard InChI is InChI=1S/C30H43NO3.C21H26O2.C9H17NO2/c1-5-33-29(32)19-22-15-17-31(18-16-22)21-24-8-6-7-23-20-27(13-14-28(23)24)34-26-11-9-25(10-12-26)30(2,3)4;1-21(2,3)17-7-9-18(10-8-17)23-19-11-12-20-15(13-19)5-4-6-16(20)14-22;1-2-12-9(11)7-8-3-5-10-6-4-8/h6-8,13-14,20,22,25-26H,5,9-12,15-19,21H2,1-4H3;4-6,11-14,17-18H,7-10H2,1-3H3;8,10H,2-7H2,1H3. The highest BCUT2D eigenvalue weighted by molar-refractivity contribution is 5.98. The fourth-order valence-corrected chi connectivity index (χ4v) is 11.1. The molecule has 378 valence electrons. The topological polar surface area (TPSA) is 103 Å². The number of likely N-dealkylation sites (tertiary alicyclic amines) is 1. The third-order valence-corrected chi connectivity index (χ3v) is 15.4. The highest BCUT2D eigenvalue weighted by atomic mass is 16.5. The predicted molar refractivity (Wildman–Crippen MR) is 281 cm³/mol. The molecule has 0 atom stereocenters. The van der Waals surface area contributed by atoms with E-state index < -0.39 is 0 Å². The van der Waals surface area contributed by atoms with Gasteiger partial charge in [0.2, 0.25) is 0 Å². The normalized spacial score (nSPS) is 21.8. The summed E-state index contributed by atoms with van der Waals surface area (Å²) in [5.41, 5.74) is 2.91. The Morgan fingerprint density at radius 2 is 1.06 bits per heavy atom. The number of piperidine rings is 2. The molecule has 9 nitrogen and oxygen atoms in total. The second-order valence-corrected chi connectivity index (χ2v) is 22.5. The summed E-state index contributed by atoms with van der Waals surface area (Å²) < 4.78 is 22.6. The Morgan fingerprint density at radius 1 is 0.594 bits per heavy atom. The van der Waals surface area contributed by atoms with Crippen LogP contribution in [0.25, 0.3) is 21.5 Å². The van der Waals surface area contributed by atoms with Gasteiger partial charge in [-0.1, -0.05) is 84.0 Å². The van der Waals surface area contributed by atoms with E-state index in [1.807, 2.05) is 44.2 Å². The van der Waals surface area contributed by atoms with Crippen LogP contribution >= 0.6 is 0 Å². The van der Waals surface area contributed by atoms with Crippen molar-refractivity contribution < 1.29 is 33.3 Å². The van der Waals surface area contributed by atoms with Gasteiger partial charge < -0.3 is 24.3 Å². The van der Waals surface area contributed by atoms with Crippen molar-refractivity contribution in [2.75, 3.05) is 39.4 Å². The number of esters is 2. The van der Waals surface area contributed by atoms with Crippen molar-refractivity contribution in [1.29, 1.82) is 0 Å². The monoisotopic (exact) mass is 947 g/mol. The third kappa shape index (κ3) is 16.8. The first kappa shape index (κ1) is 53.9. The number of aldehydes is 1. The minimum Gasteiger partial charge on any atom is -0.490 e. The second-order valence-electron chi connectivity index (χ2n) is 22.5. The molecule has 0 unspecified atom stereocenters. The molecule has 4 aromatic carbocycles. The minimum atomic E-state index is -0.0460. The second kappa shape index (κ2) is 26.1. The number of hydrogen-bond donors (Lipinski definition) is 1. The lowest BCUT2D eigenvalue weighted by Crippen LogP contribution is -2.34. The average Bonchev–Trinajstić information content (AvgIpc) is 3.32. The molecule has 1 N–H and O–H groups in total. The fourth-order valence-electron chi connectivity index (χ4n) is 11.1. The lowest BCUT2D eigenvalue weighted by molar-refractivity contribution is -0.145. The van der Waals surface area contributed by atoms with E-state index in [0.29, 0.717) is 60.9 Å². The van der Waals surface area contributed by atoms with E-state index >= 15 is 0 Å². The number of rotatable bonds is 13. The Kier molecular flexibility index (Phi) is 20.4. The van der Waals surface area contributed by atoms with Crippen molar-refractivity contribution in [2.45, 2.75) is 164 Å². The van der Waals surface area contributed by atoms with Crippen molar-refractivity contribution in [3.05, 3.63) is 83.9 Å². The quantitative estimate of drug-likeness (QED) is 0.104. The smallest absolute Gasteiger partial charge is 0.306 e.